The number of benzene rings is 1. The molecule has 0 aliphatic carbocycles. The Labute approximate surface area is 87.2 Å². The fourth-order valence-corrected chi connectivity index (χ4v) is 1.57. The molecule has 1 aromatic carbocycles. The van der Waals surface area contributed by atoms with Crippen molar-refractivity contribution >= 4 is 5.91 Å². The van der Waals surface area contributed by atoms with Crippen LogP contribution in [-0.2, 0) is 4.79 Å². The van der Waals surface area contributed by atoms with Crippen LogP contribution in [0, 0.1) is 0 Å². The van der Waals surface area contributed by atoms with E-state index in [0.29, 0.717) is 11.5 Å². The third-order valence-electron chi connectivity index (χ3n) is 2.30. The number of carbonyl (C=O) groups excluding carboxylic acids is 1. The van der Waals surface area contributed by atoms with Crippen molar-refractivity contribution in [1.82, 2.24) is 5.32 Å². The van der Waals surface area contributed by atoms with Gasteiger partial charge in [-0.2, -0.15) is 0 Å². The molecule has 1 heterocycles. The molecule has 3 N–H and O–H groups in total. The van der Waals surface area contributed by atoms with E-state index in [0.717, 1.165) is 5.56 Å². The van der Waals surface area contributed by atoms with Gasteiger partial charge in [-0.1, -0.05) is 6.07 Å². The summed E-state index contributed by atoms with van der Waals surface area (Å²) in [6.45, 7) is 0.222. The van der Waals surface area contributed by atoms with E-state index in [1.807, 2.05) is 0 Å². The lowest BCUT2D eigenvalue weighted by molar-refractivity contribution is -0.120. The van der Waals surface area contributed by atoms with Crippen LogP contribution in [0.2, 0.25) is 0 Å². The predicted molar refractivity (Wildman–Crippen MR) is 53.6 cm³/mol. The second-order valence-corrected chi connectivity index (χ2v) is 3.24. The summed E-state index contributed by atoms with van der Waals surface area (Å²) in [7, 11) is 1.68. The highest BCUT2D eigenvalue weighted by molar-refractivity contribution is 5.81. The molecule has 5 heteroatoms. The number of carbonyl (C=O) groups is 1. The fraction of sp³-hybridized carbons (Fsp3) is 0.300. The topological polar surface area (TPSA) is 73.6 Å². The maximum Gasteiger partial charge on any atom is 0.239 e. The molecular formula is C10H12N2O3. The van der Waals surface area contributed by atoms with Gasteiger partial charge in [0.2, 0.25) is 12.7 Å². The Morgan fingerprint density at radius 1 is 1.47 bits per heavy atom. The van der Waals surface area contributed by atoms with Crippen molar-refractivity contribution in [3.8, 4) is 11.5 Å². The van der Waals surface area contributed by atoms with Gasteiger partial charge in [0.05, 0.1) is 0 Å². The lowest BCUT2D eigenvalue weighted by atomic mass is 10.1. The van der Waals surface area contributed by atoms with Crippen LogP contribution in [-0.4, -0.2) is 19.7 Å². The van der Waals surface area contributed by atoms with Crippen molar-refractivity contribution in [3.05, 3.63) is 23.8 Å². The van der Waals surface area contributed by atoms with Crippen LogP contribution in [0.3, 0.4) is 0 Å². The number of rotatable bonds is 3. The van der Waals surface area contributed by atoms with Gasteiger partial charge < -0.3 is 20.5 Å². The Morgan fingerprint density at radius 2 is 2.20 bits per heavy atom. The van der Waals surface area contributed by atoms with Crippen molar-refractivity contribution in [2.45, 2.75) is 6.04 Å². The molecule has 0 saturated heterocycles. The molecule has 0 aromatic heterocycles. The largest absolute Gasteiger partial charge is 0.454 e. The summed E-state index contributed by atoms with van der Waals surface area (Å²) in [5, 5.41) is 2.84. The molecule has 0 bridgehead atoms. The average molecular weight is 208 g/mol. The van der Waals surface area contributed by atoms with E-state index < -0.39 is 11.9 Å². The Balaban J connectivity index is 2.32. The number of amides is 1. The van der Waals surface area contributed by atoms with Gasteiger partial charge in [-0.3, -0.25) is 4.79 Å². The molecule has 2 rings (SSSR count). The lowest BCUT2D eigenvalue weighted by Gasteiger charge is -2.12. The first kappa shape index (κ1) is 9.79. The van der Waals surface area contributed by atoms with Crippen molar-refractivity contribution in [3.63, 3.8) is 0 Å². The van der Waals surface area contributed by atoms with E-state index in [1.54, 1.807) is 25.2 Å². The maximum atomic E-state index is 11.1. The van der Waals surface area contributed by atoms with Crippen LogP contribution in [0.25, 0.3) is 0 Å². The lowest BCUT2D eigenvalue weighted by Crippen LogP contribution is -2.31. The van der Waals surface area contributed by atoms with Gasteiger partial charge in [0, 0.05) is 0 Å². The van der Waals surface area contributed by atoms with Crippen LogP contribution >= 0.6 is 0 Å². The first-order chi connectivity index (χ1) is 7.22. The molecule has 80 valence electrons. The van der Waals surface area contributed by atoms with Gasteiger partial charge in [0.25, 0.3) is 0 Å². The van der Waals surface area contributed by atoms with Crippen LogP contribution < -0.4 is 20.5 Å². The van der Waals surface area contributed by atoms with Gasteiger partial charge in [-0.15, -0.1) is 0 Å². The van der Waals surface area contributed by atoms with Crippen LogP contribution in [0.15, 0.2) is 18.2 Å². The zero-order valence-electron chi connectivity index (χ0n) is 8.32. The van der Waals surface area contributed by atoms with Crippen molar-refractivity contribution < 1.29 is 14.3 Å². The first-order valence-electron chi connectivity index (χ1n) is 4.58. The second kappa shape index (κ2) is 3.78. The van der Waals surface area contributed by atoms with Gasteiger partial charge in [-0.25, -0.2) is 0 Å². The highest BCUT2D eigenvalue weighted by atomic mass is 16.7. The Bertz CT molecular complexity index is 392. The Kier molecular flexibility index (Phi) is 2.47. The molecule has 0 saturated carbocycles. The monoisotopic (exact) mass is 208 g/mol. The molecule has 1 aliphatic rings. The second-order valence-electron chi connectivity index (χ2n) is 3.24. The molecule has 0 fully saturated rings. The first-order valence-corrected chi connectivity index (χ1v) is 4.58. The Morgan fingerprint density at radius 3 is 2.87 bits per heavy atom. The minimum atomic E-state index is -0.500. The van der Waals surface area contributed by atoms with E-state index in [1.165, 1.54) is 0 Å². The van der Waals surface area contributed by atoms with Gasteiger partial charge in [0.1, 0.15) is 6.04 Å². The molecule has 1 aliphatic heterocycles. The number of ether oxygens (including phenoxy) is 2. The standard InChI is InChI=1S/C10H12N2O3/c1-12-9(10(11)13)6-2-3-7-8(4-6)15-5-14-7/h2-4,9,12H,5H2,1H3,(H2,11,13). The number of fused-ring (bicyclic) bond motifs is 1. The molecule has 0 spiro atoms. The number of primary amides is 1. The third kappa shape index (κ3) is 1.73. The third-order valence-corrected chi connectivity index (χ3v) is 2.30. The van der Waals surface area contributed by atoms with Crippen LogP contribution in [0.1, 0.15) is 11.6 Å². The minimum absolute atomic E-state index is 0.222. The fourth-order valence-electron chi connectivity index (χ4n) is 1.57. The normalized spacial score (nSPS) is 15.0. The molecule has 1 atom stereocenters. The number of nitrogens with one attached hydrogen (secondary N) is 1. The van der Waals surface area contributed by atoms with E-state index in [9.17, 15) is 4.79 Å². The highest BCUT2D eigenvalue weighted by Gasteiger charge is 2.19. The summed E-state index contributed by atoms with van der Waals surface area (Å²) >= 11 is 0. The van der Waals surface area contributed by atoms with Gasteiger partial charge in [0.15, 0.2) is 11.5 Å². The number of likely N-dealkylation sites (N-methyl/N-ethyl adjacent to an activating group) is 1. The van der Waals surface area contributed by atoms with Crippen LogP contribution in [0.4, 0.5) is 0 Å². The van der Waals surface area contributed by atoms with Crippen molar-refractivity contribution in [2.24, 2.45) is 5.73 Å². The molecule has 15 heavy (non-hydrogen) atoms. The van der Waals surface area contributed by atoms with E-state index in [2.05, 4.69) is 5.32 Å². The zero-order chi connectivity index (χ0) is 10.8. The maximum absolute atomic E-state index is 11.1. The molecule has 1 aromatic rings. The summed E-state index contributed by atoms with van der Waals surface area (Å²) in [5.74, 6) is 0.920. The van der Waals surface area contributed by atoms with Gasteiger partial charge >= 0.3 is 0 Å². The average Bonchev–Trinajstić information content (AvgIpc) is 2.65. The van der Waals surface area contributed by atoms with Crippen LogP contribution in [0.5, 0.6) is 11.5 Å². The smallest absolute Gasteiger partial charge is 0.239 e. The zero-order valence-corrected chi connectivity index (χ0v) is 8.32. The summed E-state index contributed by atoms with van der Waals surface area (Å²) in [6.07, 6.45) is 0. The highest BCUT2D eigenvalue weighted by Crippen LogP contribution is 2.33. The Hall–Kier alpha value is -1.75. The minimum Gasteiger partial charge on any atom is -0.454 e. The molecule has 5 nitrogen and oxygen atoms in total. The molecule has 0 radical (unpaired) electrons. The van der Waals surface area contributed by atoms with E-state index >= 15 is 0 Å². The molecule has 1 amide bonds. The summed E-state index contributed by atoms with van der Waals surface area (Å²) in [4.78, 5) is 11.1. The van der Waals surface area contributed by atoms with E-state index in [4.69, 9.17) is 15.2 Å². The quantitative estimate of drug-likeness (QED) is 0.742. The predicted octanol–water partition coefficient (Wildman–Crippen LogP) is 0.161. The number of nitrogens with two attached hydrogens (primary N) is 1. The summed E-state index contributed by atoms with van der Waals surface area (Å²) < 4.78 is 10.4. The molecule has 1 unspecified atom stereocenters. The summed E-state index contributed by atoms with van der Waals surface area (Å²) in [6, 6.07) is 4.82. The molecular weight excluding hydrogens is 196 g/mol. The number of hydrogen-bond acceptors (Lipinski definition) is 4. The SMILES string of the molecule is CNC(C(N)=O)c1ccc2c(c1)OCO2. The summed E-state index contributed by atoms with van der Waals surface area (Å²) in [5.41, 5.74) is 6.02. The number of hydrogen-bond donors (Lipinski definition) is 2. The van der Waals surface area contributed by atoms with Crippen molar-refractivity contribution in [2.75, 3.05) is 13.8 Å². The van der Waals surface area contributed by atoms with Gasteiger partial charge in [-0.05, 0) is 24.7 Å². The van der Waals surface area contributed by atoms with E-state index in [-0.39, 0.29) is 6.79 Å². The van der Waals surface area contributed by atoms with Crippen molar-refractivity contribution in [1.29, 1.82) is 0 Å².